The molecule has 0 aliphatic carbocycles. The van der Waals surface area contributed by atoms with E-state index in [1.54, 1.807) is 0 Å². The Morgan fingerprint density at radius 1 is 0.480 bits per heavy atom. The summed E-state index contributed by atoms with van der Waals surface area (Å²) in [6, 6.07) is 0. The van der Waals surface area contributed by atoms with Crippen molar-refractivity contribution in [2.45, 2.75) is 68.6 Å². The molecule has 0 bridgehead atoms. The highest BCUT2D eigenvalue weighted by molar-refractivity contribution is 5.27. The third-order valence-electron chi connectivity index (χ3n) is 5.72. The minimum absolute atomic E-state index is 0.243. The molecule has 0 aromatic carbocycles. The van der Waals surface area contributed by atoms with Gasteiger partial charge in [-0.15, -0.1) is 0 Å². The Morgan fingerprint density at radius 3 is 0.880 bits per heavy atom. The summed E-state index contributed by atoms with van der Waals surface area (Å²) in [4.78, 5) is 0. The van der Waals surface area contributed by atoms with Crippen LogP contribution in [0.4, 0.5) is 0 Å². The van der Waals surface area contributed by atoms with Crippen LogP contribution < -0.4 is 0 Å². The summed E-state index contributed by atoms with van der Waals surface area (Å²) < 4.78 is 6.13. The van der Waals surface area contributed by atoms with E-state index >= 15 is 0 Å². The van der Waals surface area contributed by atoms with Gasteiger partial charge >= 0.3 is 0 Å². The molecule has 0 amide bonds. The first-order valence-corrected chi connectivity index (χ1v) is 8.72. The van der Waals surface area contributed by atoms with Gasteiger partial charge in [-0.1, -0.05) is 0 Å². The van der Waals surface area contributed by atoms with Crippen molar-refractivity contribution >= 4 is 0 Å². The second kappa shape index (κ2) is 5.86. The smallest absolute Gasteiger partial charge is 0.224 e. The van der Waals surface area contributed by atoms with Crippen molar-refractivity contribution in [3.05, 3.63) is 50.9 Å². The quantitative estimate of drug-likeness (QED) is 0.732. The van der Waals surface area contributed by atoms with Gasteiger partial charge in [-0.2, -0.15) is 15.3 Å². The van der Waals surface area contributed by atoms with E-state index in [0.29, 0.717) is 0 Å². The molecule has 0 radical (unpaired) electrons. The van der Waals surface area contributed by atoms with Gasteiger partial charge < -0.3 is 0 Å². The number of aromatic nitrogens is 6. The maximum atomic E-state index is 4.82. The second-order valence-corrected chi connectivity index (χ2v) is 7.07. The standard InChI is InChI=1S/C19H28N6/c1-10-13(4)20-23(16(10)7)19(24-17(8)11(2)14(5)21-24)25-18(9)12(3)15(6)22-25/h19H,1-9H3. The Labute approximate surface area is 149 Å². The molecule has 6 nitrogen and oxygen atoms in total. The zero-order chi connectivity index (χ0) is 18.6. The first kappa shape index (κ1) is 17.5. The summed E-state index contributed by atoms with van der Waals surface area (Å²) >= 11 is 0. The molecular weight excluding hydrogens is 312 g/mol. The fraction of sp³-hybridized carbons (Fsp3) is 0.526. The normalized spacial score (nSPS) is 11.8. The maximum absolute atomic E-state index is 4.82. The summed E-state index contributed by atoms with van der Waals surface area (Å²) in [5, 5.41) is 14.5. The van der Waals surface area contributed by atoms with Crippen LogP contribution in [0.2, 0.25) is 0 Å². The van der Waals surface area contributed by atoms with Crippen molar-refractivity contribution in [2.75, 3.05) is 0 Å². The predicted octanol–water partition coefficient (Wildman–Crippen LogP) is 3.60. The molecule has 0 unspecified atom stereocenters. The van der Waals surface area contributed by atoms with E-state index < -0.39 is 0 Å². The van der Waals surface area contributed by atoms with E-state index in [4.69, 9.17) is 15.3 Å². The van der Waals surface area contributed by atoms with Crippen molar-refractivity contribution < 1.29 is 0 Å². The van der Waals surface area contributed by atoms with Crippen molar-refractivity contribution in [1.82, 2.24) is 29.3 Å². The molecule has 25 heavy (non-hydrogen) atoms. The van der Waals surface area contributed by atoms with Gasteiger partial charge in [0.25, 0.3) is 0 Å². The van der Waals surface area contributed by atoms with Crippen LogP contribution in [0.5, 0.6) is 0 Å². The summed E-state index contributed by atoms with van der Waals surface area (Å²) in [5.74, 6) is 0. The van der Waals surface area contributed by atoms with E-state index in [1.807, 2.05) is 14.0 Å². The summed E-state index contributed by atoms with van der Waals surface area (Å²) in [7, 11) is 0. The van der Waals surface area contributed by atoms with E-state index in [2.05, 4.69) is 62.3 Å². The van der Waals surface area contributed by atoms with Gasteiger partial charge in [0, 0.05) is 17.1 Å². The van der Waals surface area contributed by atoms with Crippen molar-refractivity contribution in [3.8, 4) is 0 Å². The van der Waals surface area contributed by atoms with Gasteiger partial charge in [0.2, 0.25) is 6.29 Å². The van der Waals surface area contributed by atoms with Gasteiger partial charge in [0.05, 0.1) is 17.1 Å². The van der Waals surface area contributed by atoms with Crippen LogP contribution in [0.25, 0.3) is 0 Å². The highest BCUT2D eigenvalue weighted by atomic mass is 15.6. The zero-order valence-corrected chi connectivity index (χ0v) is 16.8. The van der Waals surface area contributed by atoms with Gasteiger partial charge in [-0.3, -0.25) is 0 Å². The highest BCUT2D eigenvalue weighted by Crippen LogP contribution is 2.25. The molecule has 0 atom stereocenters. The number of rotatable bonds is 3. The van der Waals surface area contributed by atoms with E-state index in [1.165, 1.54) is 16.7 Å². The Hall–Kier alpha value is -2.37. The third kappa shape index (κ3) is 2.51. The average molecular weight is 340 g/mol. The molecule has 0 saturated heterocycles. The van der Waals surface area contributed by atoms with Crippen LogP contribution in [0, 0.1) is 62.3 Å². The van der Waals surface area contributed by atoms with Crippen LogP contribution in [0.3, 0.4) is 0 Å². The van der Waals surface area contributed by atoms with Crippen molar-refractivity contribution in [1.29, 1.82) is 0 Å². The molecule has 0 fully saturated rings. The molecule has 0 aliphatic heterocycles. The summed E-state index contributed by atoms with van der Waals surface area (Å²) in [6.07, 6.45) is -0.243. The Balaban J connectivity index is 2.34. The average Bonchev–Trinajstić information content (AvgIpc) is 3.08. The molecule has 0 N–H and O–H groups in total. The summed E-state index contributed by atoms with van der Waals surface area (Å²) in [6.45, 7) is 18.8. The predicted molar refractivity (Wildman–Crippen MR) is 99.1 cm³/mol. The van der Waals surface area contributed by atoms with E-state index in [0.717, 1.165) is 34.2 Å². The Bertz CT molecular complexity index is 829. The maximum Gasteiger partial charge on any atom is 0.238 e. The first-order chi connectivity index (χ1) is 11.6. The molecule has 134 valence electrons. The zero-order valence-electron chi connectivity index (χ0n) is 16.8. The van der Waals surface area contributed by atoms with Crippen LogP contribution in [-0.2, 0) is 0 Å². The lowest BCUT2D eigenvalue weighted by atomic mass is 10.2. The number of aryl methyl sites for hydroxylation is 3. The van der Waals surface area contributed by atoms with Crippen molar-refractivity contribution in [2.24, 2.45) is 0 Å². The van der Waals surface area contributed by atoms with Gasteiger partial charge in [-0.25, -0.2) is 14.0 Å². The SMILES string of the molecule is Cc1nn(C(n2nc(C)c(C)c2C)n2nc(C)c(C)c2C)c(C)c1C. The van der Waals surface area contributed by atoms with Crippen LogP contribution in [0.15, 0.2) is 0 Å². The Kier molecular flexibility index (Phi) is 4.09. The molecule has 0 saturated carbocycles. The van der Waals surface area contributed by atoms with Crippen molar-refractivity contribution in [3.63, 3.8) is 0 Å². The topological polar surface area (TPSA) is 53.5 Å². The molecule has 0 aliphatic rings. The number of nitrogens with zero attached hydrogens (tertiary/aromatic N) is 6. The lowest BCUT2D eigenvalue weighted by Crippen LogP contribution is -2.31. The second-order valence-electron chi connectivity index (χ2n) is 7.07. The minimum Gasteiger partial charge on any atom is -0.224 e. The largest absolute Gasteiger partial charge is 0.238 e. The fourth-order valence-corrected chi connectivity index (χ4v) is 3.22. The van der Waals surface area contributed by atoms with Crippen LogP contribution in [-0.4, -0.2) is 29.3 Å². The van der Waals surface area contributed by atoms with E-state index in [-0.39, 0.29) is 6.29 Å². The molecule has 3 aromatic heterocycles. The minimum atomic E-state index is -0.243. The highest BCUT2D eigenvalue weighted by Gasteiger charge is 2.27. The monoisotopic (exact) mass is 340 g/mol. The van der Waals surface area contributed by atoms with Gasteiger partial charge in [0.15, 0.2) is 0 Å². The molecule has 3 aromatic rings. The third-order valence-corrected chi connectivity index (χ3v) is 5.72. The van der Waals surface area contributed by atoms with Gasteiger partial charge in [-0.05, 0) is 79.0 Å². The molecule has 6 heteroatoms. The summed E-state index contributed by atoms with van der Waals surface area (Å²) in [5.41, 5.74) is 10.2. The molecule has 0 spiro atoms. The lowest BCUT2D eigenvalue weighted by Gasteiger charge is -2.23. The molecule has 3 rings (SSSR count). The first-order valence-electron chi connectivity index (χ1n) is 8.72. The van der Waals surface area contributed by atoms with Gasteiger partial charge in [0.1, 0.15) is 0 Å². The van der Waals surface area contributed by atoms with E-state index in [9.17, 15) is 0 Å². The lowest BCUT2D eigenvalue weighted by molar-refractivity contribution is 0.268. The molecule has 3 heterocycles. The fourth-order valence-electron chi connectivity index (χ4n) is 3.22. The van der Waals surface area contributed by atoms with Crippen LogP contribution >= 0.6 is 0 Å². The molecular formula is C19H28N6. The Morgan fingerprint density at radius 2 is 0.720 bits per heavy atom. The number of hydrogen-bond acceptors (Lipinski definition) is 3. The van der Waals surface area contributed by atoms with Crippen LogP contribution in [0.1, 0.15) is 57.1 Å². The number of hydrogen-bond donors (Lipinski definition) is 0.